The minimum absolute atomic E-state index is 0.746. The molecule has 1 aliphatic heterocycles. The molecule has 1 fully saturated rings. The molecule has 66 valence electrons. The maximum Gasteiger partial charge on any atom is 0.0192 e. The lowest BCUT2D eigenvalue weighted by Crippen LogP contribution is -2.50. The first kappa shape index (κ1) is 9.01. The normalized spacial score (nSPS) is 29.2. The number of hydrogen-bond donors (Lipinski definition) is 0. The van der Waals surface area contributed by atoms with Crippen molar-refractivity contribution in [1.82, 2.24) is 9.80 Å². The molecule has 0 aromatic rings. The van der Waals surface area contributed by atoms with Gasteiger partial charge in [0.1, 0.15) is 0 Å². The molecule has 0 aliphatic carbocycles. The SMILES string of the molecule is CCCN1CCN(C)C(C)C1. The van der Waals surface area contributed by atoms with Gasteiger partial charge in [0, 0.05) is 25.7 Å². The molecule has 1 unspecified atom stereocenters. The zero-order valence-electron chi connectivity index (χ0n) is 8.01. The number of piperazine rings is 1. The maximum absolute atomic E-state index is 2.56. The molecule has 11 heavy (non-hydrogen) atoms. The molecular weight excluding hydrogens is 136 g/mol. The first-order valence-corrected chi connectivity index (χ1v) is 4.66. The summed E-state index contributed by atoms with van der Waals surface area (Å²) in [5.41, 5.74) is 0. The summed E-state index contributed by atoms with van der Waals surface area (Å²) in [5.74, 6) is 0. The van der Waals surface area contributed by atoms with Crippen LogP contribution in [0.15, 0.2) is 0 Å². The average molecular weight is 156 g/mol. The van der Waals surface area contributed by atoms with Gasteiger partial charge in [0.15, 0.2) is 0 Å². The van der Waals surface area contributed by atoms with Gasteiger partial charge in [-0.25, -0.2) is 0 Å². The first-order valence-electron chi connectivity index (χ1n) is 4.66. The Kier molecular flexibility index (Phi) is 3.34. The quantitative estimate of drug-likeness (QED) is 0.589. The van der Waals surface area contributed by atoms with Crippen molar-refractivity contribution < 1.29 is 0 Å². The molecule has 0 amide bonds. The van der Waals surface area contributed by atoms with Crippen molar-refractivity contribution in [2.24, 2.45) is 0 Å². The van der Waals surface area contributed by atoms with Crippen molar-refractivity contribution >= 4 is 0 Å². The second kappa shape index (κ2) is 4.07. The van der Waals surface area contributed by atoms with Crippen LogP contribution in [0.3, 0.4) is 0 Å². The van der Waals surface area contributed by atoms with Crippen molar-refractivity contribution in [3.8, 4) is 0 Å². The van der Waals surface area contributed by atoms with Crippen LogP contribution in [0.5, 0.6) is 0 Å². The van der Waals surface area contributed by atoms with Gasteiger partial charge in [0.25, 0.3) is 0 Å². The molecule has 1 rings (SSSR count). The second-order valence-corrected chi connectivity index (χ2v) is 3.63. The van der Waals surface area contributed by atoms with E-state index >= 15 is 0 Å². The van der Waals surface area contributed by atoms with E-state index in [1.807, 2.05) is 0 Å². The van der Waals surface area contributed by atoms with Crippen LogP contribution in [0.4, 0.5) is 0 Å². The van der Waals surface area contributed by atoms with Crippen LogP contribution >= 0.6 is 0 Å². The summed E-state index contributed by atoms with van der Waals surface area (Å²) in [6.07, 6.45) is 1.29. The molecule has 2 heteroatoms. The topological polar surface area (TPSA) is 6.48 Å². The molecular formula is C9H20N2. The highest BCUT2D eigenvalue weighted by atomic mass is 15.3. The molecule has 1 atom stereocenters. The molecule has 2 nitrogen and oxygen atoms in total. The van der Waals surface area contributed by atoms with Crippen LogP contribution in [0.25, 0.3) is 0 Å². The molecule has 0 radical (unpaired) electrons. The van der Waals surface area contributed by atoms with E-state index < -0.39 is 0 Å². The van der Waals surface area contributed by atoms with E-state index in [2.05, 4.69) is 30.7 Å². The van der Waals surface area contributed by atoms with Gasteiger partial charge in [-0.1, -0.05) is 6.92 Å². The van der Waals surface area contributed by atoms with E-state index in [9.17, 15) is 0 Å². The number of likely N-dealkylation sites (N-methyl/N-ethyl adjacent to an activating group) is 1. The molecule has 0 N–H and O–H groups in total. The van der Waals surface area contributed by atoms with Crippen molar-refractivity contribution in [3.63, 3.8) is 0 Å². The monoisotopic (exact) mass is 156 g/mol. The molecule has 0 bridgehead atoms. The van der Waals surface area contributed by atoms with E-state index in [1.165, 1.54) is 32.6 Å². The van der Waals surface area contributed by atoms with Crippen LogP contribution in [0.2, 0.25) is 0 Å². The van der Waals surface area contributed by atoms with Crippen LogP contribution in [-0.4, -0.2) is 49.1 Å². The van der Waals surface area contributed by atoms with Crippen LogP contribution in [0.1, 0.15) is 20.3 Å². The summed E-state index contributed by atoms with van der Waals surface area (Å²) >= 11 is 0. The summed E-state index contributed by atoms with van der Waals surface area (Å²) in [6.45, 7) is 9.59. The Balaban J connectivity index is 2.28. The van der Waals surface area contributed by atoms with Gasteiger partial charge in [-0.2, -0.15) is 0 Å². The average Bonchev–Trinajstić information content (AvgIpc) is 1.98. The number of rotatable bonds is 2. The maximum atomic E-state index is 2.56. The molecule has 0 saturated carbocycles. The zero-order chi connectivity index (χ0) is 8.27. The van der Waals surface area contributed by atoms with Gasteiger partial charge < -0.3 is 9.80 Å². The summed E-state index contributed by atoms with van der Waals surface area (Å²) < 4.78 is 0. The molecule has 0 aromatic heterocycles. The number of nitrogens with zero attached hydrogens (tertiary/aromatic N) is 2. The van der Waals surface area contributed by atoms with Crippen molar-refractivity contribution in [2.75, 3.05) is 33.2 Å². The Bertz CT molecular complexity index is 114. The van der Waals surface area contributed by atoms with Crippen LogP contribution in [-0.2, 0) is 0 Å². The molecule has 1 heterocycles. The lowest BCUT2D eigenvalue weighted by molar-refractivity contribution is 0.105. The van der Waals surface area contributed by atoms with E-state index in [1.54, 1.807) is 0 Å². The minimum atomic E-state index is 0.746. The highest BCUT2D eigenvalue weighted by Crippen LogP contribution is 2.06. The van der Waals surface area contributed by atoms with Crippen molar-refractivity contribution in [2.45, 2.75) is 26.3 Å². The third kappa shape index (κ3) is 2.46. The third-order valence-electron chi connectivity index (χ3n) is 2.58. The fourth-order valence-corrected chi connectivity index (χ4v) is 1.64. The van der Waals surface area contributed by atoms with Gasteiger partial charge >= 0.3 is 0 Å². The Labute approximate surface area is 70.2 Å². The Morgan fingerprint density at radius 1 is 1.36 bits per heavy atom. The Morgan fingerprint density at radius 3 is 2.64 bits per heavy atom. The second-order valence-electron chi connectivity index (χ2n) is 3.63. The lowest BCUT2D eigenvalue weighted by Gasteiger charge is -2.37. The zero-order valence-corrected chi connectivity index (χ0v) is 8.01. The largest absolute Gasteiger partial charge is 0.301 e. The molecule has 0 spiro atoms. The van der Waals surface area contributed by atoms with E-state index in [-0.39, 0.29) is 0 Å². The standard InChI is InChI=1S/C9H20N2/c1-4-5-11-7-6-10(3)9(2)8-11/h9H,4-8H2,1-3H3. The molecule has 1 saturated heterocycles. The smallest absolute Gasteiger partial charge is 0.0192 e. The number of hydrogen-bond acceptors (Lipinski definition) is 2. The molecule has 1 aliphatic rings. The molecule has 0 aromatic carbocycles. The van der Waals surface area contributed by atoms with Gasteiger partial charge in [-0.05, 0) is 26.9 Å². The third-order valence-corrected chi connectivity index (χ3v) is 2.58. The van der Waals surface area contributed by atoms with E-state index in [0.29, 0.717) is 0 Å². The minimum Gasteiger partial charge on any atom is -0.301 e. The van der Waals surface area contributed by atoms with Gasteiger partial charge in [-0.15, -0.1) is 0 Å². The summed E-state index contributed by atoms with van der Waals surface area (Å²) in [6, 6.07) is 0.746. The van der Waals surface area contributed by atoms with Gasteiger partial charge in [0.05, 0.1) is 0 Å². The predicted octanol–water partition coefficient (Wildman–Crippen LogP) is 1.03. The Hall–Kier alpha value is -0.0800. The Morgan fingerprint density at radius 2 is 2.09 bits per heavy atom. The van der Waals surface area contributed by atoms with E-state index in [0.717, 1.165) is 6.04 Å². The van der Waals surface area contributed by atoms with Crippen LogP contribution in [0, 0.1) is 0 Å². The van der Waals surface area contributed by atoms with Gasteiger partial charge in [-0.3, -0.25) is 0 Å². The highest BCUT2D eigenvalue weighted by Gasteiger charge is 2.18. The summed E-state index contributed by atoms with van der Waals surface area (Å²) in [5, 5.41) is 0. The summed E-state index contributed by atoms with van der Waals surface area (Å²) in [4.78, 5) is 5.00. The highest BCUT2D eigenvalue weighted by molar-refractivity contribution is 4.75. The van der Waals surface area contributed by atoms with Crippen molar-refractivity contribution in [1.29, 1.82) is 0 Å². The van der Waals surface area contributed by atoms with Crippen molar-refractivity contribution in [3.05, 3.63) is 0 Å². The fourth-order valence-electron chi connectivity index (χ4n) is 1.64. The predicted molar refractivity (Wildman–Crippen MR) is 48.8 cm³/mol. The summed E-state index contributed by atoms with van der Waals surface area (Å²) in [7, 11) is 2.22. The first-order chi connectivity index (χ1) is 5.24. The van der Waals surface area contributed by atoms with E-state index in [4.69, 9.17) is 0 Å². The lowest BCUT2D eigenvalue weighted by atomic mass is 10.2. The fraction of sp³-hybridized carbons (Fsp3) is 1.00. The van der Waals surface area contributed by atoms with Crippen LogP contribution < -0.4 is 0 Å². The van der Waals surface area contributed by atoms with Gasteiger partial charge in [0.2, 0.25) is 0 Å².